The van der Waals surface area contributed by atoms with Crippen molar-refractivity contribution in [1.29, 1.82) is 0 Å². The summed E-state index contributed by atoms with van der Waals surface area (Å²) in [7, 11) is -2.51. The molecule has 258 valence electrons. The van der Waals surface area contributed by atoms with Gasteiger partial charge in [-0.1, -0.05) is 6.07 Å². The number of sulfonamides is 1. The zero-order valence-electron chi connectivity index (χ0n) is 29.1. The molecule has 3 fully saturated rings. The lowest BCUT2D eigenvalue weighted by atomic mass is 9.90. The Kier molecular flexibility index (Phi) is 9.67. The molecule has 0 bridgehead atoms. The average Bonchev–Trinajstić information content (AvgIpc) is 3.51. The quantitative estimate of drug-likeness (QED) is 0.284. The van der Waals surface area contributed by atoms with Crippen molar-refractivity contribution < 1.29 is 17.6 Å². The predicted octanol–water partition coefficient (Wildman–Crippen LogP) is 3.71. The monoisotopic (exact) mass is 667 g/mol. The molecule has 0 saturated carbocycles. The summed E-state index contributed by atoms with van der Waals surface area (Å²) in [5, 5.41) is 12.0. The maximum atomic E-state index is 14.1. The van der Waals surface area contributed by atoms with Crippen LogP contribution in [0.1, 0.15) is 52.7 Å². The van der Waals surface area contributed by atoms with E-state index in [1.807, 2.05) is 31.2 Å². The first-order valence-corrected chi connectivity index (χ1v) is 18.5. The van der Waals surface area contributed by atoms with Gasteiger partial charge in [-0.3, -0.25) is 19.4 Å². The van der Waals surface area contributed by atoms with Gasteiger partial charge in [-0.2, -0.15) is 0 Å². The number of fused-ring (bicyclic) bond motifs is 1. The zero-order valence-corrected chi connectivity index (χ0v) is 29.9. The van der Waals surface area contributed by atoms with E-state index in [1.165, 1.54) is 7.11 Å². The van der Waals surface area contributed by atoms with Crippen molar-refractivity contribution in [3.8, 4) is 5.75 Å². The van der Waals surface area contributed by atoms with Gasteiger partial charge in [0.25, 0.3) is 10.0 Å². The van der Waals surface area contributed by atoms with Gasteiger partial charge in [0.1, 0.15) is 16.2 Å². The van der Waals surface area contributed by atoms with Gasteiger partial charge in [0.05, 0.1) is 19.1 Å². The minimum Gasteiger partial charge on any atom is -0.495 e. The van der Waals surface area contributed by atoms with Gasteiger partial charge in [0.2, 0.25) is 0 Å². The maximum Gasteiger partial charge on any atom is 0.265 e. The largest absolute Gasteiger partial charge is 0.495 e. The highest BCUT2D eigenvalue weighted by Gasteiger charge is 2.57. The Bertz CT molecular complexity index is 1610. The van der Waals surface area contributed by atoms with Crippen LogP contribution < -0.4 is 25.4 Å². The third-order valence-corrected chi connectivity index (χ3v) is 11.7. The number of anilines is 1. The van der Waals surface area contributed by atoms with E-state index >= 15 is 0 Å². The Balaban J connectivity index is 1.63. The number of rotatable bonds is 8. The summed E-state index contributed by atoms with van der Waals surface area (Å²) in [6.07, 6.45) is 1.72. The molecule has 1 aromatic heterocycles. The Morgan fingerprint density at radius 2 is 1.34 bits per heavy atom. The molecule has 47 heavy (non-hydrogen) atoms. The van der Waals surface area contributed by atoms with Crippen LogP contribution in [0, 0.1) is 6.92 Å². The minimum absolute atomic E-state index is 0.110. The van der Waals surface area contributed by atoms with Crippen molar-refractivity contribution in [2.24, 2.45) is 0 Å². The molecule has 3 aliphatic rings. The number of aryl methyl sites for hydroxylation is 1. The minimum atomic E-state index is -4.00. The molecule has 3 aliphatic heterocycles. The second kappa shape index (κ2) is 13.3. The Morgan fingerprint density at radius 3 is 1.85 bits per heavy atom. The van der Waals surface area contributed by atoms with E-state index in [4.69, 9.17) is 9.15 Å². The Labute approximate surface area is 280 Å². The van der Waals surface area contributed by atoms with E-state index in [1.54, 1.807) is 18.4 Å². The molecule has 0 spiro atoms. The van der Waals surface area contributed by atoms with E-state index in [2.05, 4.69) is 76.9 Å². The molecule has 12 heteroatoms. The number of nitrogens with zero attached hydrogens (tertiary/aromatic N) is 3. The first-order chi connectivity index (χ1) is 22.3. The van der Waals surface area contributed by atoms with E-state index in [-0.39, 0.29) is 41.1 Å². The van der Waals surface area contributed by atoms with Crippen molar-refractivity contribution in [3.05, 3.63) is 53.8 Å². The normalized spacial score (nSPS) is 29.9. The summed E-state index contributed by atoms with van der Waals surface area (Å²) in [4.78, 5) is 8.10. The molecular weight excluding hydrogens is 614 g/mol. The maximum absolute atomic E-state index is 14.1. The molecule has 0 amide bonds. The molecule has 6 unspecified atom stereocenters. The fraction of sp³-hybridized carbons (Fsp3) is 0.600. The molecule has 4 N–H and O–H groups in total. The summed E-state index contributed by atoms with van der Waals surface area (Å²) < 4.78 is 43.0. The zero-order chi connectivity index (χ0) is 33.7. The SMILES string of the molecule is COc1ccc(C)cc1S(=O)(=O)Nc1cc(C(N2CC(C)NCC2C)(N2CC(C)NCC2C)N2CC(C)NCC2C)c2occc2c1. The van der Waals surface area contributed by atoms with Crippen molar-refractivity contribution >= 4 is 26.7 Å². The molecule has 11 nitrogen and oxygen atoms in total. The lowest BCUT2D eigenvalue weighted by Crippen LogP contribution is -2.79. The third kappa shape index (κ3) is 6.29. The standard InChI is InChI=1S/C35H53N7O4S/c1-22-9-10-32(45-8)33(13-22)47(43,44)39-30-14-29-11-12-46-34(29)31(15-30)35(40-19-23(2)36-16-26(40)5,41-20-24(3)37-17-27(41)6)42-21-25(4)38-18-28(42)7/h9-15,23-28,36-39H,16-21H2,1-8H3. The van der Waals surface area contributed by atoms with Crippen molar-refractivity contribution in [2.45, 2.75) is 95.4 Å². The number of hydrogen-bond acceptors (Lipinski definition) is 10. The molecule has 0 aliphatic carbocycles. The molecule has 3 aromatic rings. The van der Waals surface area contributed by atoms with Gasteiger partial charge in [-0.15, -0.1) is 0 Å². The Hall–Kier alpha value is -2.71. The molecular formula is C35H53N7O4S. The van der Waals surface area contributed by atoms with Crippen LogP contribution in [-0.2, 0) is 15.8 Å². The number of ether oxygens (including phenoxy) is 1. The lowest BCUT2D eigenvalue weighted by molar-refractivity contribution is -0.233. The summed E-state index contributed by atoms with van der Waals surface area (Å²) in [6, 6.07) is 12.4. The highest BCUT2D eigenvalue weighted by Crippen LogP contribution is 2.47. The summed E-state index contributed by atoms with van der Waals surface area (Å²) in [5.74, 6) is -0.446. The molecule has 6 atom stereocenters. The van der Waals surface area contributed by atoms with Crippen LogP contribution in [0.3, 0.4) is 0 Å². The van der Waals surface area contributed by atoms with Crippen molar-refractivity contribution in [1.82, 2.24) is 30.7 Å². The van der Waals surface area contributed by atoms with Crippen LogP contribution in [0.4, 0.5) is 5.69 Å². The average molecular weight is 668 g/mol. The van der Waals surface area contributed by atoms with Crippen LogP contribution in [0.15, 0.2) is 52.0 Å². The van der Waals surface area contributed by atoms with Gasteiger partial charge in [0, 0.05) is 86.5 Å². The summed E-state index contributed by atoms with van der Waals surface area (Å²) >= 11 is 0. The van der Waals surface area contributed by atoms with E-state index in [0.717, 1.165) is 61.4 Å². The van der Waals surface area contributed by atoms with Gasteiger partial charge in [0.15, 0.2) is 5.79 Å². The van der Waals surface area contributed by atoms with Crippen molar-refractivity contribution in [2.75, 3.05) is 51.1 Å². The van der Waals surface area contributed by atoms with Crippen LogP contribution in [0.25, 0.3) is 11.0 Å². The highest BCUT2D eigenvalue weighted by atomic mass is 32.2. The first kappa shape index (κ1) is 34.2. The Morgan fingerprint density at radius 1 is 0.809 bits per heavy atom. The molecule has 6 rings (SSSR count). The number of hydrogen-bond donors (Lipinski definition) is 4. The van der Waals surface area contributed by atoms with Crippen molar-refractivity contribution in [3.63, 3.8) is 0 Å². The van der Waals surface area contributed by atoms with Crippen LogP contribution >= 0.6 is 0 Å². The number of methoxy groups -OCH3 is 1. The van der Waals surface area contributed by atoms with Gasteiger partial charge in [-0.05, 0) is 84.4 Å². The first-order valence-electron chi connectivity index (χ1n) is 17.0. The second-order valence-electron chi connectivity index (χ2n) is 14.2. The molecule has 0 radical (unpaired) electrons. The highest BCUT2D eigenvalue weighted by molar-refractivity contribution is 7.92. The summed E-state index contributed by atoms with van der Waals surface area (Å²) in [6.45, 7) is 20.5. The van der Waals surface area contributed by atoms with E-state index < -0.39 is 15.8 Å². The predicted molar refractivity (Wildman–Crippen MR) is 187 cm³/mol. The number of furan rings is 1. The summed E-state index contributed by atoms with van der Waals surface area (Å²) in [5.41, 5.74) is 3.05. The second-order valence-corrected chi connectivity index (χ2v) is 15.8. The van der Waals surface area contributed by atoms with E-state index in [9.17, 15) is 8.42 Å². The molecule has 4 heterocycles. The molecule has 2 aromatic carbocycles. The smallest absolute Gasteiger partial charge is 0.265 e. The fourth-order valence-electron chi connectivity index (χ4n) is 7.92. The number of piperazine rings is 3. The van der Waals surface area contributed by atoms with Crippen LogP contribution in [0.5, 0.6) is 5.75 Å². The third-order valence-electron chi connectivity index (χ3n) is 10.3. The topological polar surface area (TPSA) is 114 Å². The number of benzene rings is 2. The van der Waals surface area contributed by atoms with Crippen LogP contribution in [-0.4, -0.2) is 106 Å². The van der Waals surface area contributed by atoms with E-state index in [0.29, 0.717) is 11.4 Å². The fourth-order valence-corrected chi connectivity index (χ4v) is 9.22. The van der Waals surface area contributed by atoms with Gasteiger partial charge < -0.3 is 25.1 Å². The number of nitrogens with one attached hydrogen (secondary N) is 4. The molecule has 3 saturated heterocycles. The van der Waals surface area contributed by atoms with Gasteiger partial charge >= 0.3 is 0 Å². The lowest BCUT2D eigenvalue weighted by Gasteiger charge is -2.64. The van der Waals surface area contributed by atoms with Crippen LogP contribution in [0.2, 0.25) is 0 Å². The van der Waals surface area contributed by atoms with Gasteiger partial charge in [-0.25, -0.2) is 8.42 Å².